The van der Waals surface area contributed by atoms with Gasteiger partial charge in [0.2, 0.25) is 0 Å². The smallest absolute Gasteiger partial charge is 0.333 e. The minimum Gasteiger partial charge on any atom is -0.461 e. The van der Waals surface area contributed by atoms with E-state index in [0.29, 0.717) is 12.1 Å². The maximum absolute atomic E-state index is 10.9. The number of ether oxygens (including phenoxy) is 1. The average Bonchev–Trinajstić information content (AvgIpc) is 2.16. The molecule has 5 nitrogen and oxygen atoms in total. The zero-order chi connectivity index (χ0) is 11.0. The third-order valence-electron chi connectivity index (χ3n) is 1.45. The van der Waals surface area contributed by atoms with Crippen molar-refractivity contribution < 1.29 is 19.7 Å². The second-order valence-electron chi connectivity index (χ2n) is 2.96. The lowest BCUT2D eigenvalue weighted by Gasteiger charge is -2.08. The van der Waals surface area contributed by atoms with Crippen LogP contribution in [0.2, 0.25) is 0 Å². The van der Waals surface area contributed by atoms with E-state index in [9.17, 15) is 4.79 Å². The average molecular weight is 203 g/mol. The molecule has 0 amide bonds. The van der Waals surface area contributed by atoms with E-state index in [1.54, 1.807) is 6.92 Å². The molecule has 0 rings (SSSR count). The normalized spacial score (nSPS) is 12.2. The Hall–Kier alpha value is -0.910. The summed E-state index contributed by atoms with van der Waals surface area (Å²) in [6.07, 6.45) is -0.771. The van der Waals surface area contributed by atoms with Crippen molar-refractivity contribution in [2.75, 3.05) is 26.3 Å². The second kappa shape index (κ2) is 7.49. The van der Waals surface area contributed by atoms with E-state index in [1.807, 2.05) is 0 Å². The molecule has 0 saturated heterocycles. The first-order chi connectivity index (χ1) is 6.57. The molecular formula is C9H17NO4. The molecule has 0 aliphatic heterocycles. The van der Waals surface area contributed by atoms with Crippen LogP contribution < -0.4 is 5.32 Å². The van der Waals surface area contributed by atoms with E-state index in [-0.39, 0.29) is 19.8 Å². The van der Waals surface area contributed by atoms with Gasteiger partial charge in [-0.15, -0.1) is 0 Å². The molecule has 0 aliphatic carbocycles. The SMILES string of the molecule is C=C(C)C(=O)OCCNC[C@H](O)CO. The summed E-state index contributed by atoms with van der Waals surface area (Å²) in [5, 5.41) is 20.2. The summed E-state index contributed by atoms with van der Waals surface area (Å²) in [4.78, 5) is 10.9. The zero-order valence-electron chi connectivity index (χ0n) is 8.32. The molecule has 0 spiro atoms. The van der Waals surface area contributed by atoms with E-state index < -0.39 is 12.1 Å². The van der Waals surface area contributed by atoms with E-state index in [1.165, 1.54) is 0 Å². The van der Waals surface area contributed by atoms with Crippen LogP contribution in [-0.2, 0) is 9.53 Å². The number of carbonyl (C=O) groups excluding carboxylic acids is 1. The van der Waals surface area contributed by atoms with Gasteiger partial charge in [0.05, 0.1) is 12.7 Å². The van der Waals surface area contributed by atoms with Crippen molar-refractivity contribution in [3.63, 3.8) is 0 Å². The Kier molecular flexibility index (Phi) is 7.00. The highest BCUT2D eigenvalue weighted by atomic mass is 16.5. The molecule has 0 aromatic rings. The van der Waals surface area contributed by atoms with E-state index >= 15 is 0 Å². The molecule has 0 heterocycles. The Morgan fingerprint density at radius 2 is 2.29 bits per heavy atom. The van der Waals surface area contributed by atoms with Gasteiger partial charge in [-0.25, -0.2) is 4.79 Å². The maximum Gasteiger partial charge on any atom is 0.333 e. The number of aliphatic hydroxyl groups is 2. The highest BCUT2D eigenvalue weighted by Crippen LogP contribution is 1.90. The Morgan fingerprint density at radius 1 is 1.64 bits per heavy atom. The third-order valence-corrected chi connectivity index (χ3v) is 1.45. The van der Waals surface area contributed by atoms with E-state index in [2.05, 4.69) is 11.9 Å². The summed E-state index contributed by atoms with van der Waals surface area (Å²) < 4.78 is 4.77. The van der Waals surface area contributed by atoms with Gasteiger partial charge >= 0.3 is 5.97 Å². The zero-order valence-corrected chi connectivity index (χ0v) is 8.32. The Morgan fingerprint density at radius 3 is 2.79 bits per heavy atom. The Bertz CT molecular complexity index is 193. The lowest BCUT2D eigenvalue weighted by molar-refractivity contribution is -0.138. The summed E-state index contributed by atoms with van der Waals surface area (Å²) in [7, 11) is 0. The highest BCUT2D eigenvalue weighted by Gasteiger charge is 2.03. The maximum atomic E-state index is 10.9. The van der Waals surface area contributed by atoms with Gasteiger partial charge in [0, 0.05) is 18.7 Å². The summed E-state index contributed by atoms with van der Waals surface area (Å²) in [5.41, 5.74) is 0.361. The minimum atomic E-state index is -0.771. The van der Waals surface area contributed by atoms with Gasteiger partial charge in [-0.05, 0) is 6.92 Å². The van der Waals surface area contributed by atoms with Crippen molar-refractivity contribution in [2.45, 2.75) is 13.0 Å². The predicted molar refractivity (Wildman–Crippen MR) is 51.7 cm³/mol. The first-order valence-corrected chi connectivity index (χ1v) is 4.40. The first-order valence-electron chi connectivity index (χ1n) is 4.40. The molecule has 0 aliphatic rings. The van der Waals surface area contributed by atoms with Gasteiger partial charge in [0.25, 0.3) is 0 Å². The van der Waals surface area contributed by atoms with Crippen molar-refractivity contribution in [3.8, 4) is 0 Å². The molecule has 0 radical (unpaired) electrons. The molecule has 0 bridgehead atoms. The third kappa shape index (κ3) is 6.59. The number of hydrogen-bond donors (Lipinski definition) is 3. The van der Waals surface area contributed by atoms with Crippen molar-refractivity contribution in [2.24, 2.45) is 0 Å². The number of nitrogens with one attached hydrogen (secondary N) is 1. The Labute approximate surface area is 83.4 Å². The molecular weight excluding hydrogens is 186 g/mol. The molecule has 82 valence electrons. The van der Waals surface area contributed by atoms with Crippen molar-refractivity contribution >= 4 is 5.97 Å². The molecule has 0 aromatic heterocycles. The van der Waals surface area contributed by atoms with Crippen LogP contribution in [0.5, 0.6) is 0 Å². The van der Waals surface area contributed by atoms with Crippen LogP contribution in [0.3, 0.4) is 0 Å². The Balaban J connectivity index is 3.30. The largest absolute Gasteiger partial charge is 0.461 e. The quantitative estimate of drug-likeness (QED) is 0.282. The minimum absolute atomic E-state index is 0.226. The lowest BCUT2D eigenvalue weighted by Crippen LogP contribution is -2.32. The van der Waals surface area contributed by atoms with Crippen LogP contribution in [0.1, 0.15) is 6.92 Å². The number of aliphatic hydroxyl groups excluding tert-OH is 2. The molecule has 0 aromatic carbocycles. The summed E-state index contributed by atoms with van der Waals surface area (Å²) in [6.45, 7) is 5.67. The van der Waals surface area contributed by atoms with Crippen LogP contribution in [0, 0.1) is 0 Å². The molecule has 0 unspecified atom stereocenters. The van der Waals surface area contributed by atoms with Gasteiger partial charge in [0.1, 0.15) is 6.61 Å². The van der Waals surface area contributed by atoms with E-state index in [0.717, 1.165) is 0 Å². The molecule has 3 N–H and O–H groups in total. The fourth-order valence-corrected chi connectivity index (χ4v) is 0.672. The highest BCUT2D eigenvalue weighted by molar-refractivity contribution is 5.86. The van der Waals surface area contributed by atoms with Crippen LogP contribution in [-0.4, -0.2) is 48.6 Å². The number of rotatable bonds is 7. The van der Waals surface area contributed by atoms with E-state index in [4.69, 9.17) is 14.9 Å². The first kappa shape index (κ1) is 13.1. The fourth-order valence-electron chi connectivity index (χ4n) is 0.672. The van der Waals surface area contributed by atoms with Crippen molar-refractivity contribution in [3.05, 3.63) is 12.2 Å². The second-order valence-corrected chi connectivity index (χ2v) is 2.96. The molecule has 5 heteroatoms. The monoisotopic (exact) mass is 203 g/mol. The van der Waals surface area contributed by atoms with Gasteiger partial charge in [-0.3, -0.25) is 0 Å². The van der Waals surface area contributed by atoms with Gasteiger partial charge in [-0.1, -0.05) is 6.58 Å². The van der Waals surface area contributed by atoms with Gasteiger partial charge < -0.3 is 20.3 Å². The summed E-state index contributed by atoms with van der Waals surface area (Å²) in [6, 6.07) is 0. The van der Waals surface area contributed by atoms with Crippen LogP contribution >= 0.6 is 0 Å². The van der Waals surface area contributed by atoms with Crippen LogP contribution in [0.4, 0.5) is 0 Å². The molecule has 0 saturated carbocycles. The summed E-state index contributed by atoms with van der Waals surface area (Å²) >= 11 is 0. The van der Waals surface area contributed by atoms with Gasteiger partial charge in [0.15, 0.2) is 0 Å². The summed E-state index contributed by atoms with van der Waals surface area (Å²) in [5.74, 6) is -0.422. The lowest BCUT2D eigenvalue weighted by atomic mass is 10.3. The van der Waals surface area contributed by atoms with Crippen molar-refractivity contribution in [1.29, 1.82) is 0 Å². The molecule has 14 heavy (non-hydrogen) atoms. The van der Waals surface area contributed by atoms with Crippen LogP contribution in [0.15, 0.2) is 12.2 Å². The van der Waals surface area contributed by atoms with Crippen molar-refractivity contribution in [1.82, 2.24) is 5.32 Å². The topological polar surface area (TPSA) is 78.8 Å². The standard InChI is InChI=1S/C9H17NO4/c1-7(2)9(13)14-4-3-10-5-8(12)6-11/h8,10-12H,1,3-6H2,2H3/t8-/m0/s1. The number of esters is 1. The predicted octanol–water partition coefficient (Wildman–Crippen LogP) is -0.952. The number of carbonyl (C=O) groups is 1. The van der Waals surface area contributed by atoms with Crippen LogP contribution in [0.25, 0.3) is 0 Å². The number of hydrogen-bond acceptors (Lipinski definition) is 5. The fraction of sp³-hybridized carbons (Fsp3) is 0.667. The molecule has 0 fully saturated rings. The van der Waals surface area contributed by atoms with Gasteiger partial charge in [-0.2, -0.15) is 0 Å². The molecule has 1 atom stereocenters.